The van der Waals surface area contributed by atoms with Crippen molar-refractivity contribution in [3.8, 4) is 0 Å². The molecule has 0 aliphatic rings. The first-order valence-corrected chi connectivity index (χ1v) is 6.03. The lowest BCUT2D eigenvalue weighted by Gasteiger charge is -2.12. The molecule has 4 N–H and O–H groups in total. The van der Waals surface area contributed by atoms with Gasteiger partial charge in [-0.3, -0.25) is 4.79 Å². The molecule has 0 bridgehead atoms. The van der Waals surface area contributed by atoms with Crippen LogP contribution in [0, 0.1) is 0 Å². The van der Waals surface area contributed by atoms with Crippen LogP contribution >= 0.6 is 0 Å². The first-order valence-electron chi connectivity index (χ1n) is 6.03. The van der Waals surface area contributed by atoms with Crippen LogP contribution in [0.2, 0.25) is 0 Å². The standard InChI is InChI=1S/C12H24N2O3/c1-3-4-5-6-11(15)9-13-7-8-14-10(2)12(16)17/h3,10-11,13-15H,1,4-9H2,2H3,(H,16,17). The third-order valence-electron chi connectivity index (χ3n) is 2.45. The summed E-state index contributed by atoms with van der Waals surface area (Å²) in [6.07, 6.45) is 4.14. The fraction of sp³-hybridized carbons (Fsp3) is 0.750. The summed E-state index contributed by atoms with van der Waals surface area (Å²) in [5.74, 6) is -0.852. The fourth-order valence-corrected chi connectivity index (χ4v) is 1.33. The molecule has 5 heteroatoms. The van der Waals surface area contributed by atoms with Gasteiger partial charge in [-0.1, -0.05) is 6.08 Å². The highest BCUT2D eigenvalue weighted by molar-refractivity contribution is 5.72. The lowest BCUT2D eigenvalue weighted by Crippen LogP contribution is -2.39. The normalized spacial score (nSPS) is 14.2. The van der Waals surface area contributed by atoms with Gasteiger partial charge in [0.1, 0.15) is 6.04 Å². The molecule has 0 radical (unpaired) electrons. The summed E-state index contributed by atoms with van der Waals surface area (Å²) in [4.78, 5) is 10.5. The highest BCUT2D eigenvalue weighted by Gasteiger charge is 2.08. The van der Waals surface area contributed by atoms with E-state index in [0.717, 1.165) is 19.3 Å². The summed E-state index contributed by atoms with van der Waals surface area (Å²) in [5, 5.41) is 24.1. The van der Waals surface area contributed by atoms with E-state index in [4.69, 9.17) is 5.11 Å². The molecule has 0 saturated heterocycles. The molecule has 0 aliphatic heterocycles. The molecule has 0 rings (SSSR count). The van der Waals surface area contributed by atoms with E-state index in [1.165, 1.54) is 0 Å². The molecule has 17 heavy (non-hydrogen) atoms. The largest absolute Gasteiger partial charge is 0.480 e. The number of aliphatic carboxylic acids is 1. The van der Waals surface area contributed by atoms with Crippen LogP contribution < -0.4 is 10.6 Å². The molecule has 0 aromatic heterocycles. The van der Waals surface area contributed by atoms with E-state index < -0.39 is 12.0 Å². The second kappa shape index (κ2) is 10.3. The topological polar surface area (TPSA) is 81.6 Å². The highest BCUT2D eigenvalue weighted by Crippen LogP contribution is 1.99. The van der Waals surface area contributed by atoms with Crippen molar-refractivity contribution >= 4 is 5.97 Å². The number of rotatable bonds is 11. The third-order valence-corrected chi connectivity index (χ3v) is 2.45. The Bertz CT molecular complexity index is 222. The molecule has 0 spiro atoms. The quantitative estimate of drug-likeness (QED) is 0.311. The molecule has 0 fully saturated rings. The van der Waals surface area contributed by atoms with Gasteiger partial charge in [-0.25, -0.2) is 0 Å². The summed E-state index contributed by atoms with van der Waals surface area (Å²) in [6.45, 7) is 6.99. The van der Waals surface area contributed by atoms with Crippen LogP contribution in [0.3, 0.4) is 0 Å². The van der Waals surface area contributed by atoms with E-state index in [-0.39, 0.29) is 6.10 Å². The predicted octanol–water partition coefficient (Wildman–Crippen LogP) is 0.356. The van der Waals surface area contributed by atoms with E-state index in [1.54, 1.807) is 6.92 Å². The van der Waals surface area contributed by atoms with Crippen molar-refractivity contribution in [2.24, 2.45) is 0 Å². The number of allylic oxidation sites excluding steroid dienone is 1. The van der Waals surface area contributed by atoms with Crippen molar-refractivity contribution in [1.82, 2.24) is 10.6 Å². The lowest BCUT2D eigenvalue weighted by atomic mass is 10.1. The van der Waals surface area contributed by atoms with Crippen molar-refractivity contribution < 1.29 is 15.0 Å². The Hall–Kier alpha value is -0.910. The van der Waals surface area contributed by atoms with Crippen LogP contribution in [0.15, 0.2) is 12.7 Å². The molecular formula is C12H24N2O3. The zero-order valence-corrected chi connectivity index (χ0v) is 10.5. The number of hydrogen-bond donors (Lipinski definition) is 4. The van der Waals surface area contributed by atoms with Gasteiger partial charge in [0.15, 0.2) is 0 Å². The molecule has 0 amide bonds. The first kappa shape index (κ1) is 16.1. The zero-order valence-electron chi connectivity index (χ0n) is 10.5. The number of carboxylic acids is 1. The molecular weight excluding hydrogens is 220 g/mol. The Morgan fingerprint density at radius 2 is 2.18 bits per heavy atom. The molecule has 5 nitrogen and oxygen atoms in total. The fourth-order valence-electron chi connectivity index (χ4n) is 1.33. The van der Waals surface area contributed by atoms with Crippen molar-refractivity contribution in [3.05, 3.63) is 12.7 Å². The minimum Gasteiger partial charge on any atom is -0.480 e. The van der Waals surface area contributed by atoms with Crippen LogP contribution in [-0.2, 0) is 4.79 Å². The van der Waals surface area contributed by atoms with Crippen LogP contribution in [0.4, 0.5) is 0 Å². The Labute approximate surface area is 103 Å². The number of unbranched alkanes of at least 4 members (excludes halogenated alkanes) is 1. The Kier molecular flexibility index (Phi) is 9.71. The number of carboxylic acid groups (broad SMARTS) is 1. The molecule has 100 valence electrons. The lowest BCUT2D eigenvalue weighted by molar-refractivity contribution is -0.138. The number of hydrogen-bond acceptors (Lipinski definition) is 4. The Morgan fingerprint density at radius 3 is 2.76 bits per heavy atom. The van der Waals surface area contributed by atoms with Gasteiger partial charge >= 0.3 is 5.97 Å². The van der Waals surface area contributed by atoms with Crippen LogP contribution in [-0.4, -0.2) is 48.0 Å². The van der Waals surface area contributed by atoms with Crippen molar-refractivity contribution in [2.45, 2.75) is 38.3 Å². The Balaban J connectivity index is 3.32. The van der Waals surface area contributed by atoms with Crippen molar-refractivity contribution in [1.29, 1.82) is 0 Å². The average molecular weight is 244 g/mol. The van der Waals surface area contributed by atoms with Gasteiger partial charge in [0.25, 0.3) is 0 Å². The summed E-state index contributed by atoms with van der Waals surface area (Å²) < 4.78 is 0. The van der Waals surface area contributed by atoms with E-state index in [2.05, 4.69) is 17.2 Å². The molecule has 0 saturated carbocycles. The maximum Gasteiger partial charge on any atom is 0.320 e. The predicted molar refractivity (Wildman–Crippen MR) is 68.0 cm³/mol. The SMILES string of the molecule is C=CCCCC(O)CNCCNC(C)C(=O)O. The van der Waals surface area contributed by atoms with Gasteiger partial charge in [-0.15, -0.1) is 6.58 Å². The molecule has 0 aromatic rings. The van der Waals surface area contributed by atoms with Gasteiger partial charge in [0.2, 0.25) is 0 Å². The number of aliphatic hydroxyl groups excluding tert-OH is 1. The smallest absolute Gasteiger partial charge is 0.320 e. The third kappa shape index (κ3) is 9.99. The molecule has 2 atom stereocenters. The van der Waals surface area contributed by atoms with Gasteiger partial charge in [0.05, 0.1) is 6.10 Å². The van der Waals surface area contributed by atoms with Crippen LogP contribution in [0.25, 0.3) is 0 Å². The number of nitrogens with one attached hydrogen (secondary N) is 2. The second-order valence-electron chi connectivity index (χ2n) is 4.09. The van der Waals surface area contributed by atoms with Crippen LogP contribution in [0.5, 0.6) is 0 Å². The monoisotopic (exact) mass is 244 g/mol. The minimum absolute atomic E-state index is 0.341. The zero-order chi connectivity index (χ0) is 13.1. The van der Waals surface area contributed by atoms with Crippen LogP contribution in [0.1, 0.15) is 26.2 Å². The number of aliphatic hydroxyl groups is 1. The van der Waals surface area contributed by atoms with Gasteiger partial charge in [-0.05, 0) is 26.2 Å². The van der Waals surface area contributed by atoms with E-state index in [1.807, 2.05) is 6.08 Å². The molecule has 0 aromatic carbocycles. The molecule has 2 unspecified atom stereocenters. The van der Waals surface area contributed by atoms with Gasteiger partial charge < -0.3 is 20.8 Å². The van der Waals surface area contributed by atoms with E-state index in [0.29, 0.717) is 19.6 Å². The van der Waals surface area contributed by atoms with Crippen molar-refractivity contribution in [3.63, 3.8) is 0 Å². The maximum atomic E-state index is 10.5. The summed E-state index contributed by atoms with van der Waals surface area (Å²) >= 11 is 0. The summed E-state index contributed by atoms with van der Waals surface area (Å²) in [6, 6.07) is -0.533. The van der Waals surface area contributed by atoms with Gasteiger partial charge in [-0.2, -0.15) is 0 Å². The maximum absolute atomic E-state index is 10.5. The highest BCUT2D eigenvalue weighted by atomic mass is 16.4. The van der Waals surface area contributed by atoms with Gasteiger partial charge in [0, 0.05) is 19.6 Å². The molecule has 0 aliphatic carbocycles. The molecule has 0 heterocycles. The minimum atomic E-state index is -0.852. The first-order chi connectivity index (χ1) is 8.07. The Morgan fingerprint density at radius 1 is 1.47 bits per heavy atom. The summed E-state index contributed by atoms with van der Waals surface area (Å²) in [5.41, 5.74) is 0. The van der Waals surface area contributed by atoms with E-state index in [9.17, 15) is 9.90 Å². The van der Waals surface area contributed by atoms with Crippen molar-refractivity contribution in [2.75, 3.05) is 19.6 Å². The summed E-state index contributed by atoms with van der Waals surface area (Å²) in [7, 11) is 0. The number of carbonyl (C=O) groups is 1. The van der Waals surface area contributed by atoms with E-state index >= 15 is 0 Å². The second-order valence-corrected chi connectivity index (χ2v) is 4.09. The average Bonchev–Trinajstić information content (AvgIpc) is 2.28.